The van der Waals surface area contributed by atoms with Crippen LogP contribution in [-0.4, -0.2) is 53.7 Å². The molecule has 0 saturated heterocycles. The molecule has 0 bridgehead atoms. The third-order valence-corrected chi connectivity index (χ3v) is 5.80. The standard InChI is InChI=1S/C15H24N4O2S/c1-6-14-17-13-9-12(22(20,21)11(2)3)10-16-15(13)19(14)8-7-18(4)5/h9-11H,6-8H2,1-5H3. The van der Waals surface area contributed by atoms with Gasteiger partial charge in [-0.15, -0.1) is 0 Å². The quantitative estimate of drug-likeness (QED) is 0.809. The number of aromatic nitrogens is 3. The van der Waals surface area contributed by atoms with E-state index < -0.39 is 15.1 Å². The van der Waals surface area contributed by atoms with Gasteiger partial charge in [0, 0.05) is 25.7 Å². The molecule has 2 aromatic rings. The van der Waals surface area contributed by atoms with Gasteiger partial charge in [0.1, 0.15) is 11.3 Å². The summed E-state index contributed by atoms with van der Waals surface area (Å²) in [5, 5.41) is -0.465. The Balaban J connectivity index is 2.52. The fourth-order valence-electron chi connectivity index (χ4n) is 2.27. The van der Waals surface area contributed by atoms with Gasteiger partial charge in [0.05, 0.1) is 10.1 Å². The van der Waals surface area contributed by atoms with Crippen molar-refractivity contribution in [3.63, 3.8) is 0 Å². The lowest BCUT2D eigenvalue weighted by molar-refractivity contribution is 0.383. The average molecular weight is 324 g/mol. The number of nitrogens with zero attached hydrogens (tertiary/aromatic N) is 4. The normalized spacial score (nSPS) is 12.7. The summed E-state index contributed by atoms with van der Waals surface area (Å²) in [7, 11) is 0.714. The molecule has 0 radical (unpaired) electrons. The number of hydrogen-bond donors (Lipinski definition) is 0. The van der Waals surface area contributed by atoms with Crippen LogP contribution in [0.25, 0.3) is 11.2 Å². The van der Waals surface area contributed by atoms with E-state index in [1.807, 2.05) is 21.0 Å². The molecule has 122 valence electrons. The summed E-state index contributed by atoms with van der Waals surface area (Å²) in [5.74, 6) is 0.934. The molecule has 22 heavy (non-hydrogen) atoms. The van der Waals surface area contributed by atoms with Crippen molar-refractivity contribution in [3.05, 3.63) is 18.1 Å². The second-order valence-electron chi connectivity index (χ2n) is 5.94. The van der Waals surface area contributed by atoms with Crippen LogP contribution in [0.4, 0.5) is 0 Å². The SMILES string of the molecule is CCc1nc2cc(S(=O)(=O)C(C)C)cnc2n1CCN(C)C. The highest BCUT2D eigenvalue weighted by atomic mass is 32.2. The van der Waals surface area contributed by atoms with E-state index in [2.05, 4.69) is 19.4 Å². The molecule has 0 aliphatic carbocycles. The number of fused-ring (bicyclic) bond motifs is 1. The van der Waals surface area contributed by atoms with Crippen molar-refractivity contribution in [2.45, 2.75) is 43.9 Å². The lowest BCUT2D eigenvalue weighted by Crippen LogP contribution is -2.19. The lowest BCUT2D eigenvalue weighted by Gasteiger charge is -2.12. The van der Waals surface area contributed by atoms with Crippen LogP contribution in [0.15, 0.2) is 17.2 Å². The zero-order chi connectivity index (χ0) is 16.5. The van der Waals surface area contributed by atoms with Crippen LogP contribution < -0.4 is 0 Å². The smallest absolute Gasteiger partial charge is 0.182 e. The van der Waals surface area contributed by atoms with Crippen LogP contribution in [-0.2, 0) is 22.8 Å². The minimum atomic E-state index is -3.32. The van der Waals surface area contributed by atoms with Crippen LogP contribution in [0.2, 0.25) is 0 Å². The number of hydrogen-bond acceptors (Lipinski definition) is 5. The first-order valence-corrected chi connectivity index (χ1v) is 9.05. The summed E-state index contributed by atoms with van der Waals surface area (Å²) in [5.41, 5.74) is 1.40. The first-order valence-electron chi connectivity index (χ1n) is 7.51. The summed E-state index contributed by atoms with van der Waals surface area (Å²) in [6, 6.07) is 1.64. The largest absolute Gasteiger partial charge is 0.311 e. The van der Waals surface area contributed by atoms with E-state index in [1.54, 1.807) is 19.9 Å². The average Bonchev–Trinajstić information content (AvgIpc) is 2.81. The summed E-state index contributed by atoms with van der Waals surface area (Å²) < 4.78 is 26.6. The van der Waals surface area contributed by atoms with E-state index in [4.69, 9.17) is 0 Å². The van der Waals surface area contributed by atoms with Crippen LogP contribution in [0, 0.1) is 0 Å². The molecule has 6 nitrogen and oxygen atoms in total. The number of pyridine rings is 1. The van der Waals surface area contributed by atoms with E-state index in [-0.39, 0.29) is 4.90 Å². The Morgan fingerprint density at radius 1 is 1.32 bits per heavy atom. The third-order valence-electron chi connectivity index (χ3n) is 3.68. The topological polar surface area (TPSA) is 68.1 Å². The van der Waals surface area contributed by atoms with Gasteiger partial charge in [-0.25, -0.2) is 18.4 Å². The van der Waals surface area contributed by atoms with Crippen molar-refractivity contribution in [1.82, 2.24) is 19.4 Å². The van der Waals surface area contributed by atoms with Crippen LogP contribution in [0.1, 0.15) is 26.6 Å². The lowest BCUT2D eigenvalue weighted by atomic mass is 10.4. The summed E-state index contributed by atoms with van der Waals surface area (Å²) in [6.45, 7) is 7.06. The summed E-state index contributed by atoms with van der Waals surface area (Å²) >= 11 is 0. The number of aryl methyl sites for hydroxylation is 1. The number of likely N-dealkylation sites (N-methyl/N-ethyl adjacent to an activating group) is 1. The molecule has 0 fully saturated rings. The maximum absolute atomic E-state index is 12.3. The van der Waals surface area contributed by atoms with Crippen molar-refractivity contribution < 1.29 is 8.42 Å². The maximum atomic E-state index is 12.3. The fraction of sp³-hybridized carbons (Fsp3) is 0.600. The molecular formula is C15H24N4O2S. The van der Waals surface area contributed by atoms with Gasteiger partial charge in [-0.05, 0) is 34.0 Å². The van der Waals surface area contributed by atoms with Crippen molar-refractivity contribution in [3.8, 4) is 0 Å². The minimum Gasteiger partial charge on any atom is -0.311 e. The second kappa shape index (κ2) is 6.34. The Hall–Kier alpha value is -1.47. The van der Waals surface area contributed by atoms with Crippen molar-refractivity contribution >= 4 is 21.0 Å². The Morgan fingerprint density at radius 2 is 2.00 bits per heavy atom. The zero-order valence-corrected chi connectivity index (χ0v) is 14.7. The predicted molar refractivity (Wildman–Crippen MR) is 87.8 cm³/mol. The molecule has 2 heterocycles. The van der Waals surface area contributed by atoms with Crippen LogP contribution >= 0.6 is 0 Å². The van der Waals surface area contributed by atoms with E-state index in [0.717, 1.165) is 31.0 Å². The van der Waals surface area contributed by atoms with Gasteiger partial charge in [0.2, 0.25) is 0 Å². The Labute approximate surface area is 132 Å². The molecule has 0 aliphatic rings. The molecule has 0 amide bonds. The molecule has 0 atom stereocenters. The minimum absolute atomic E-state index is 0.245. The highest BCUT2D eigenvalue weighted by Crippen LogP contribution is 2.21. The van der Waals surface area contributed by atoms with Gasteiger partial charge in [-0.1, -0.05) is 6.92 Å². The van der Waals surface area contributed by atoms with Crippen LogP contribution in [0.3, 0.4) is 0 Å². The van der Waals surface area contributed by atoms with Gasteiger partial charge in [0.15, 0.2) is 15.5 Å². The highest BCUT2D eigenvalue weighted by Gasteiger charge is 2.21. The van der Waals surface area contributed by atoms with Crippen molar-refractivity contribution in [1.29, 1.82) is 0 Å². The second-order valence-corrected chi connectivity index (χ2v) is 8.45. The van der Waals surface area contributed by atoms with Gasteiger partial charge >= 0.3 is 0 Å². The Kier molecular flexibility index (Phi) is 4.87. The maximum Gasteiger partial charge on any atom is 0.182 e. The first kappa shape index (κ1) is 16.9. The number of sulfone groups is 1. The van der Waals surface area contributed by atoms with E-state index >= 15 is 0 Å². The van der Waals surface area contributed by atoms with Gasteiger partial charge < -0.3 is 9.47 Å². The van der Waals surface area contributed by atoms with Gasteiger partial charge in [0.25, 0.3) is 0 Å². The number of imidazole rings is 1. The van der Waals surface area contributed by atoms with E-state index in [0.29, 0.717) is 5.52 Å². The predicted octanol–water partition coefficient (Wildman–Crippen LogP) is 1.74. The Bertz CT molecular complexity index is 763. The Morgan fingerprint density at radius 3 is 2.55 bits per heavy atom. The summed E-state index contributed by atoms with van der Waals surface area (Å²) in [4.78, 5) is 11.3. The highest BCUT2D eigenvalue weighted by molar-refractivity contribution is 7.92. The van der Waals surface area contributed by atoms with E-state index in [1.165, 1.54) is 6.20 Å². The summed E-state index contributed by atoms with van der Waals surface area (Å²) in [6.07, 6.45) is 2.24. The third kappa shape index (κ3) is 3.15. The monoisotopic (exact) mass is 324 g/mol. The van der Waals surface area contributed by atoms with E-state index in [9.17, 15) is 8.42 Å². The van der Waals surface area contributed by atoms with Crippen molar-refractivity contribution in [2.24, 2.45) is 0 Å². The molecule has 0 aliphatic heterocycles. The molecule has 0 unspecified atom stereocenters. The molecule has 0 saturated carbocycles. The molecule has 2 aromatic heterocycles. The number of rotatable bonds is 6. The van der Waals surface area contributed by atoms with Gasteiger partial charge in [-0.3, -0.25) is 0 Å². The molecular weight excluding hydrogens is 300 g/mol. The van der Waals surface area contributed by atoms with Crippen LogP contribution in [0.5, 0.6) is 0 Å². The molecule has 7 heteroatoms. The molecule has 0 aromatic carbocycles. The first-order chi connectivity index (χ1) is 10.3. The fourth-order valence-corrected chi connectivity index (χ4v) is 3.29. The molecule has 2 rings (SSSR count). The molecule has 0 spiro atoms. The molecule has 0 N–H and O–H groups in total. The van der Waals surface area contributed by atoms with Crippen molar-refractivity contribution in [2.75, 3.05) is 20.6 Å². The van der Waals surface area contributed by atoms with Gasteiger partial charge in [-0.2, -0.15) is 0 Å². The zero-order valence-electron chi connectivity index (χ0n) is 13.9.